The maximum atomic E-state index is 12.3. The summed E-state index contributed by atoms with van der Waals surface area (Å²) in [6.45, 7) is 9.28. The lowest BCUT2D eigenvalue weighted by molar-refractivity contribution is -0.125. The van der Waals surface area contributed by atoms with Crippen molar-refractivity contribution in [3.8, 4) is 0 Å². The molecule has 0 bridgehead atoms. The second kappa shape index (κ2) is 7.09. The fourth-order valence-corrected chi connectivity index (χ4v) is 2.68. The summed E-state index contributed by atoms with van der Waals surface area (Å²) in [5.41, 5.74) is 2.02. The summed E-state index contributed by atoms with van der Waals surface area (Å²) in [5, 5.41) is 11.7. The normalized spacial score (nSPS) is 13.9. The summed E-state index contributed by atoms with van der Waals surface area (Å²) in [6, 6.07) is -0.0559. The SMILES string of the molecule is CCn1cc(C(C)NC(=O)C(C)Cn2cc(Br)cn2)c(C)n1. The van der Waals surface area contributed by atoms with Crippen LogP contribution in [0.5, 0.6) is 0 Å². The quantitative estimate of drug-likeness (QED) is 0.853. The average Bonchev–Trinajstić information content (AvgIpc) is 3.04. The van der Waals surface area contributed by atoms with Crippen molar-refractivity contribution in [2.45, 2.75) is 46.8 Å². The maximum absolute atomic E-state index is 12.3. The molecule has 0 spiro atoms. The molecular weight excluding hydrogens is 346 g/mol. The second-order valence-electron chi connectivity index (χ2n) is 5.54. The van der Waals surface area contributed by atoms with E-state index in [1.54, 1.807) is 10.9 Å². The van der Waals surface area contributed by atoms with Crippen molar-refractivity contribution in [2.24, 2.45) is 5.92 Å². The number of hydrogen-bond donors (Lipinski definition) is 1. The van der Waals surface area contributed by atoms with Gasteiger partial charge in [-0.15, -0.1) is 0 Å². The average molecular weight is 368 g/mol. The zero-order chi connectivity index (χ0) is 16.3. The number of hydrogen-bond acceptors (Lipinski definition) is 3. The number of aromatic nitrogens is 4. The predicted octanol–water partition coefficient (Wildman–Crippen LogP) is 2.68. The Hall–Kier alpha value is -1.63. The molecule has 0 saturated carbocycles. The van der Waals surface area contributed by atoms with Crippen LogP contribution in [0, 0.1) is 12.8 Å². The van der Waals surface area contributed by atoms with Gasteiger partial charge in [0.2, 0.25) is 5.91 Å². The van der Waals surface area contributed by atoms with E-state index in [4.69, 9.17) is 0 Å². The third kappa shape index (κ3) is 3.97. The molecule has 2 aromatic heterocycles. The first kappa shape index (κ1) is 16.7. The number of nitrogens with one attached hydrogen (secondary N) is 1. The Labute approximate surface area is 139 Å². The van der Waals surface area contributed by atoms with Gasteiger partial charge in [-0.3, -0.25) is 14.2 Å². The predicted molar refractivity (Wildman–Crippen MR) is 88.3 cm³/mol. The van der Waals surface area contributed by atoms with Gasteiger partial charge < -0.3 is 5.32 Å². The van der Waals surface area contributed by atoms with Gasteiger partial charge in [-0.1, -0.05) is 6.92 Å². The molecule has 1 N–H and O–H groups in total. The molecule has 0 fully saturated rings. The van der Waals surface area contributed by atoms with Crippen LogP contribution in [0.2, 0.25) is 0 Å². The van der Waals surface area contributed by atoms with Gasteiger partial charge in [-0.25, -0.2) is 0 Å². The Bertz CT molecular complexity index is 648. The second-order valence-corrected chi connectivity index (χ2v) is 6.45. The first-order valence-electron chi connectivity index (χ1n) is 7.43. The van der Waals surface area contributed by atoms with Crippen LogP contribution in [0.25, 0.3) is 0 Å². The molecule has 120 valence electrons. The lowest BCUT2D eigenvalue weighted by Gasteiger charge is -2.17. The Balaban J connectivity index is 1.96. The highest BCUT2D eigenvalue weighted by atomic mass is 79.9. The van der Waals surface area contributed by atoms with E-state index >= 15 is 0 Å². The van der Waals surface area contributed by atoms with Gasteiger partial charge in [-0.05, 0) is 36.7 Å². The first-order chi connectivity index (χ1) is 10.4. The van der Waals surface area contributed by atoms with Crippen LogP contribution in [0.3, 0.4) is 0 Å². The Morgan fingerprint density at radius 1 is 1.36 bits per heavy atom. The van der Waals surface area contributed by atoms with Crippen LogP contribution in [0.15, 0.2) is 23.1 Å². The molecule has 7 heteroatoms. The summed E-state index contributed by atoms with van der Waals surface area (Å²) >= 11 is 3.35. The van der Waals surface area contributed by atoms with Crippen molar-refractivity contribution in [3.05, 3.63) is 34.3 Å². The zero-order valence-electron chi connectivity index (χ0n) is 13.4. The maximum Gasteiger partial charge on any atom is 0.225 e. The molecular formula is C15H22BrN5O. The van der Waals surface area contributed by atoms with Crippen molar-refractivity contribution in [1.29, 1.82) is 0 Å². The van der Waals surface area contributed by atoms with Crippen LogP contribution < -0.4 is 5.32 Å². The van der Waals surface area contributed by atoms with Crippen LogP contribution in [-0.4, -0.2) is 25.5 Å². The van der Waals surface area contributed by atoms with Gasteiger partial charge in [0, 0.05) is 24.5 Å². The van der Waals surface area contributed by atoms with Crippen molar-refractivity contribution < 1.29 is 4.79 Å². The Morgan fingerprint density at radius 2 is 2.09 bits per heavy atom. The number of rotatable bonds is 6. The topological polar surface area (TPSA) is 64.7 Å². The lowest BCUT2D eigenvalue weighted by Crippen LogP contribution is -2.33. The summed E-state index contributed by atoms with van der Waals surface area (Å²) in [7, 11) is 0. The van der Waals surface area contributed by atoms with E-state index in [1.807, 2.05) is 44.8 Å². The molecule has 0 saturated heterocycles. The Morgan fingerprint density at radius 3 is 2.64 bits per heavy atom. The highest BCUT2D eigenvalue weighted by Crippen LogP contribution is 2.17. The van der Waals surface area contributed by atoms with Crippen molar-refractivity contribution in [2.75, 3.05) is 0 Å². The summed E-state index contributed by atoms with van der Waals surface area (Å²) in [4.78, 5) is 12.3. The number of amides is 1. The van der Waals surface area contributed by atoms with Gasteiger partial charge in [0.15, 0.2) is 0 Å². The molecule has 6 nitrogen and oxygen atoms in total. The monoisotopic (exact) mass is 367 g/mol. The van der Waals surface area contributed by atoms with E-state index in [0.29, 0.717) is 6.54 Å². The van der Waals surface area contributed by atoms with E-state index in [0.717, 1.165) is 22.3 Å². The minimum Gasteiger partial charge on any atom is -0.349 e. The highest BCUT2D eigenvalue weighted by molar-refractivity contribution is 9.10. The fourth-order valence-electron chi connectivity index (χ4n) is 2.36. The zero-order valence-corrected chi connectivity index (χ0v) is 15.0. The minimum absolute atomic E-state index is 0.0165. The van der Waals surface area contributed by atoms with E-state index in [-0.39, 0.29) is 17.9 Å². The van der Waals surface area contributed by atoms with Gasteiger partial charge in [-0.2, -0.15) is 10.2 Å². The molecule has 1 amide bonds. The van der Waals surface area contributed by atoms with Crippen molar-refractivity contribution in [3.63, 3.8) is 0 Å². The van der Waals surface area contributed by atoms with E-state index in [1.165, 1.54) is 0 Å². The van der Waals surface area contributed by atoms with E-state index < -0.39 is 0 Å². The summed E-state index contributed by atoms with van der Waals surface area (Å²) in [6.07, 6.45) is 5.58. The molecule has 2 unspecified atom stereocenters. The van der Waals surface area contributed by atoms with Crippen LogP contribution in [-0.2, 0) is 17.9 Å². The molecule has 0 aliphatic heterocycles. The number of carbonyl (C=O) groups is 1. The summed E-state index contributed by atoms with van der Waals surface area (Å²) < 4.78 is 4.56. The minimum atomic E-state index is -0.157. The van der Waals surface area contributed by atoms with Crippen molar-refractivity contribution >= 4 is 21.8 Å². The largest absolute Gasteiger partial charge is 0.349 e. The highest BCUT2D eigenvalue weighted by Gasteiger charge is 2.19. The standard InChI is InChI=1S/C15H22BrN5O/c1-5-20-9-14(12(4)19-20)11(3)18-15(22)10(2)7-21-8-13(16)6-17-21/h6,8-11H,5,7H2,1-4H3,(H,18,22). The van der Waals surface area contributed by atoms with Crippen LogP contribution >= 0.6 is 15.9 Å². The lowest BCUT2D eigenvalue weighted by atomic mass is 10.1. The van der Waals surface area contributed by atoms with Crippen LogP contribution in [0.4, 0.5) is 0 Å². The molecule has 2 atom stereocenters. The number of halogens is 1. The molecule has 22 heavy (non-hydrogen) atoms. The van der Waals surface area contributed by atoms with Gasteiger partial charge >= 0.3 is 0 Å². The Kier molecular flexibility index (Phi) is 5.39. The van der Waals surface area contributed by atoms with E-state index in [9.17, 15) is 4.79 Å². The third-order valence-electron chi connectivity index (χ3n) is 3.64. The molecule has 0 radical (unpaired) electrons. The molecule has 0 aromatic carbocycles. The fraction of sp³-hybridized carbons (Fsp3) is 0.533. The summed E-state index contributed by atoms with van der Waals surface area (Å²) in [5.74, 6) is -0.140. The molecule has 2 aromatic rings. The molecule has 0 aliphatic rings. The van der Waals surface area contributed by atoms with Gasteiger partial charge in [0.1, 0.15) is 0 Å². The van der Waals surface area contributed by atoms with Crippen molar-refractivity contribution in [1.82, 2.24) is 24.9 Å². The molecule has 2 rings (SSSR count). The first-order valence-corrected chi connectivity index (χ1v) is 8.22. The van der Waals surface area contributed by atoms with Crippen LogP contribution in [0.1, 0.15) is 38.1 Å². The number of aryl methyl sites for hydroxylation is 2. The number of nitrogens with zero attached hydrogens (tertiary/aromatic N) is 4. The van der Waals surface area contributed by atoms with Gasteiger partial charge in [0.05, 0.1) is 34.9 Å². The molecule has 2 heterocycles. The third-order valence-corrected chi connectivity index (χ3v) is 4.05. The smallest absolute Gasteiger partial charge is 0.225 e. The van der Waals surface area contributed by atoms with Gasteiger partial charge in [0.25, 0.3) is 0 Å². The molecule has 0 aliphatic carbocycles. The number of carbonyl (C=O) groups excluding carboxylic acids is 1. The van der Waals surface area contributed by atoms with E-state index in [2.05, 4.69) is 31.4 Å².